The van der Waals surface area contributed by atoms with E-state index in [1.165, 1.54) is 70.6 Å². The van der Waals surface area contributed by atoms with Crippen LogP contribution in [0.25, 0.3) is 0 Å². The first kappa shape index (κ1) is 43.2. The molecule has 1 N–H and O–H groups in total. The van der Waals surface area contributed by atoms with E-state index in [1.54, 1.807) is 25.9 Å². The van der Waals surface area contributed by atoms with E-state index in [4.69, 9.17) is 0 Å². The van der Waals surface area contributed by atoms with Crippen molar-refractivity contribution in [2.75, 3.05) is 14.1 Å². The first-order valence-electron chi connectivity index (χ1n) is 18.9. The molecule has 0 aliphatic rings. The highest BCUT2D eigenvalue weighted by molar-refractivity contribution is 5.94. The average Bonchev–Trinajstić information content (AvgIpc) is 3.03. The highest BCUT2D eigenvalue weighted by Gasteiger charge is 2.45. The largest absolute Gasteiger partial charge is 0.368 e. The van der Waals surface area contributed by atoms with Crippen molar-refractivity contribution in [3.63, 3.8) is 0 Å². The lowest BCUT2D eigenvalue weighted by molar-refractivity contribution is -0.172. The Morgan fingerprint density at radius 3 is 1.31 bits per heavy atom. The summed E-state index contributed by atoms with van der Waals surface area (Å²) in [7, 11) is 3.41. The number of carbonyl (C=O) groups is 2. The minimum Gasteiger partial charge on any atom is -0.368 e. The fourth-order valence-corrected chi connectivity index (χ4v) is 5.71. The number of allylic oxidation sites excluding steroid dienone is 8. The van der Waals surface area contributed by atoms with E-state index in [1.807, 2.05) is 0 Å². The third-order valence-electron chi connectivity index (χ3n) is 8.91. The first-order valence-corrected chi connectivity index (χ1v) is 18.9. The van der Waals surface area contributed by atoms with Crippen LogP contribution >= 0.6 is 0 Å². The highest BCUT2D eigenvalue weighted by atomic mass is 16.3. The summed E-state index contributed by atoms with van der Waals surface area (Å²) in [6.07, 6.45) is 44.0. The SMILES string of the molecule is CCCCC/C=C\C/C=C\CCCCCCCC(=O)C(C)C(O)(C(=O)CCCCCCC/C=C\C/C=C\CCCCC)N(C)C. The Morgan fingerprint density at radius 2 is 0.911 bits per heavy atom. The molecule has 0 aromatic rings. The van der Waals surface area contributed by atoms with E-state index < -0.39 is 11.6 Å². The molecule has 0 amide bonds. The van der Waals surface area contributed by atoms with E-state index in [0.29, 0.717) is 12.8 Å². The first-order chi connectivity index (χ1) is 21.8. The number of hydrogen-bond acceptors (Lipinski definition) is 4. The molecule has 0 rings (SSSR count). The van der Waals surface area contributed by atoms with Gasteiger partial charge in [0, 0.05) is 12.8 Å². The summed E-state index contributed by atoms with van der Waals surface area (Å²) < 4.78 is 0. The second-order valence-corrected chi connectivity index (χ2v) is 13.2. The molecule has 0 aromatic heterocycles. The van der Waals surface area contributed by atoms with Crippen LogP contribution in [0.4, 0.5) is 0 Å². The lowest BCUT2D eigenvalue weighted by atomic mass is 9.84. The van der Waals surface area contributed by atoms with Crippen molar-refractivity contribution in [3.05, 3.63) is 48.6 Å². The van der Waals surface area contributed by atoms with Gasteiger partial charge in [-0.05, 0) is 91.1 Å². The van der Waals surface area contributed by atoms with Crippen molar-refractivity contribution < 1.29 is 14.7 Å². The Hall–Kier alpha value is -1.78. The van der Waals surface area contributed by atoms with Crippen LogP contribution in [0.1, 0.15) is 175 Å². The summed E-state index contributed by atoms with van der Waals surface area (Å²) in [4.78, 5) is 27.7. The topological polar surface area (TPSA) is 57.6 Å². The summed E-state index contributed by atoms with van der Waals surface area (Å²) in [5.41, 5.74) is -1.72. The van der Waals surface area contributed by atoms with Crippen LogP contribution in [0.5, 0.6) is 0 Å². The zero-order chi connectivity index (χ0) is 33.4. The van der Waals surface area contributed by atoms with Crippen molar-refractivity contribution in [2.24, 2.45) is 5.92 Å². The van der Waals surface area contributed by atoms with E-state index in [9.17, 15) is 14.7 Å². The van der Waals surface area contributed by atoms with Gasteiger partial charge in [0.2, 0.25) is 0 Å². The lowest BCUT2D eigenvalue weighted by Crippen LogP contribution is -2.58. The summed E-state index contributed by atoms with van der Waals surface area (Å²) in [6, 6.07) is 0. The zero-order valence-electron chi connectivity index (χ0n) is 30.4. The molecule has 260 valence electrons. The Bertz CT molecular complexity index is 825. The van der Waals surface area contributed by atoms with Gasteiger partial charge in [0.1, 0.15) is 5.78 Å². The summed E-state index contributed by atoms with van der Waals surface area (Å²) in [5, 5.41) is 11.4. The van der Waals surface area contributed by atoms with Gasteiger partial charge in [0.05, 0.1) is 5.92 Å². The van der Waals surface area contributed by atoms with Gasteiger partial charge in [-0.25, -0.2) is 0 Å². The van der Waals surface area contributed by atoms with Crippen molar-refractivity contribution in [1.29, 1.82) is 0 Å². The molecule has 0 radical (unpaired) electrons. The molecule has 0 bridgehead atoms. The van der Waals surface area contributed by atoms with Crippen molar-refractivity contribution >= 4 is 11.6 Å². The smallest absolute Gasteiger partial charge is 0.187 e. The molecule has 0 saturated heterocycles. The van der Waals surface area contributed by atoms with Gasteiger partial charge in [-0.2, -0.15) is 0 Å². The molecule has 4 heteroatoms. The molecule has 0 saturated carbocycles. The second-order valence-electron chi connectivity index (χ2n) is 13.2. The molecule has 0 fully saturated rings. The van der Waals surface area contributed by atoms with Crippen LogP contribution in [0.3, 0.4) is 0 Å². The monoisotopic (exact) mass is 628 g/mol. The quantitative estimate of drug-likeness (QED) is 0.0458. The number of aliphatic hydroxyl groups is 1. The van der Waals surface area contributed by atoms with E-state index in [0.717, 1.165) is 70.6 Å². The minimum absolute atomic E-state index is 0.00901. The number of nitrogens with zero attached hydrogens (tertiary/aromatic N) is 1. The molecule has 0 heterocycles. The van der Waals surface area contributed by atoms with Crippen LogP contribution in [0, 0.1) is 5.92 Å². The Kier molecular flexibility index (Phi) is 29.6. The molecule has 2 unspecified atom stereocenters. The minimum atomic E-state index is -1.72. The molecule has 0 spiro atoms. The molecule has 2 atom stereocenters. The number of rotatable bonds is 32. The van der Waals surface area contributed by atoms with Crippen LogP contribution in [-0.2, 0) is 9.59 Å². The molecular formula is C41H73NO3. The molecule has 0 aliphatic heterocycles. The normalized spacial score (nSPS) is 14.5. The number of unbranched alkanes of at least 4 members (excludes halogenated alkanes) is 16. The summed E-state index contributed by atoms with van der Waals surface area (Å²) in [6.45, 7) is 6.20. The summed E-state index contributed by atoms with van der Waals surface area (Å²) >= 11 is 0. The van der Waals surface area contributed by atoms with Crippen molar-refractivity contribution in [1.82, 2.24) is 4.90 Å². The van der Waals surface area contributed by atoms with Gasteiger partial charge in [-0.3, -0.25) is 14.5 Å². The molecule has 45 heavy (non-hydrogen) atoms. The summed E-state index contributed by atoms with van der Waals surface area (Å²) in [5.74, 6) is -0.951. The third-order valence-corrected chi connectivity index (χ3v) is 8.91. The van der Waals surface area contributed by atoms with Gasteiger partial charge < -0.3 is 5.11 Å². The number of ketones is 2. The fourth-order valence-electron chi connectivity index (χ4n) is 5.71. The number of carbonyl (C=O) groups excluding carboxylic acids is 2. The Labute approximate surface area is 279 Å². The Balaban J connectivity index is 4.09. The van der Waals surface area contributed by atoms with Crippen molar-refractivity contribution in [2.45, 2.75) is 181 Å². The van der Waals surface area contributed by atoms with Gasteiger partial charge in [-0.15, -0.1) is 0 Å². The van der Waals surface area contributed by atoms with Gasteiger partial charge in [0.25, 0.3) is 0 Å². The predicted molar refractivity (Wildman–Crippen MR) is 197 cm³/mol. The van der Waals surface area contributed by atoms with Gasteiger partial charge >= 0.3 is 0 Å². The predicted octanol–water partition coefficient (Wildman–Crippen LogP) is 11.6. The third kappa shape index (κ3) is 23.2. The standard InChI is InChI=1S/C41H73NO3/c1-6-8-10-12-14-16-18-20-22-24-26-28-30-32-34-36-39(43)38(3)41(45,42(4)5)40(44)37-35-33-31-29-27-25-23-21-19-17-15-13-11-9-7-2/h14-17,20-23,38,45H,6-13,18-19,24-37H2,1-5H3/b16-14-,17-15-,22-20-,23-21-. The number of likely N-dealkylation sites (N-methyl/N-ethyl adjacent to an activating group) is 1. The Morgan fingerprint density at radius 1 is 0.556 bits per heavy atom. The van der Waals surface area contributed by atoms with Crippen LogP contribution in [0.15, 0.2) is 48.6 Å². The fraction of sp³-hybridized carbons (Fsp3) is 0.756. The second kappa shape index (κ2) is 30.9. The zero-order valence-corrected chi connectivity index (χ0v) is 30.4. The molecule has 0 aromatic carbocycles. The molecular weight excluding hydrogens is 554 g/mol. The van der Waals surface area contributed by atoms with Crippen LogP contribution in [0.2, 0.25) is 0 Å². The van der Waals surface area contributed by atoms with Crippen LogP contribution < -0.4 is 0 Å². The van der Waals surface area contributed by atoms with Gasteiger partial charge in [-0.1, -0.05) is 134 Å². The highest BCUT2D eigenvalue weighted by Crippen LogP contribution is 2.27. The number of Topliss-reactive ketones (excluding diaryl/α,β-unsaturated/α-hetero) is 2. The van der Waals surface area contributed by atoms with E-state index in [-0.39, 0.29) is 11.6 Å². The van der Waals surface area contributed by atoms with Crippen LogP contribution in [-0.4, -0.2) is 41.4 Å². The van der Waals surface area contributed by atoms with E-state index >= 15 is 0 Å². The van der Waals surface area contributed by atoms with Crippen molar-refractivity contribution in [3.8, 4) is 0 Å². The van der Waals surface area contributed by atoms with Gasteiger partial charge in [0.15, 0.2) is 11.5 Å². The van der Waals surface area contributed by atoms with E-state index in [2.05, 4.69) is 62.5 Å². The number of hydrogen-bond donors (Lipinski definition) is 1. The maximum atomic E-state index is 13.1. The molecule has 4 nitrogen and oxygen atoms in total. The average molecular weight is 628 g/mol. The lowest BCUT2D eigenvalue weighted by Gasteiger charge is -2.37. The maximum Gasteiger partial charge on any atom is 0.187 e. The maximum absolute atomic E-state index is 13.1. The molecule has 0 aliphatic carbocycles.